The monoisotopic (exact) mass is 937 g/mol. The van der Waals surface area contributed by atoms with Crippen LogP contribution in [0.3, 0.4) is 0 Å². The van der Waals surface area contributed by atoms with Gasteiger partial charge in [0, 0.05) is 36.9 Å². The van der Waals surface area contributed by atoms with Crippen molar-refractivity contribution in [2.75, 3.05) is 0 Å². The van der Waals surface area contributed by atoms with Crippen LogP contribution in [0, 0.1) is 26.0 Å². The minimum absolute atomic E-state index is 0. The van der Waals surface area contributed by atoms with Gasteiger partial charge in [0.25, 0.3) is 0 Å². The van der Waals surface area contributed by atoms with E-state index in [2.05, 4.69) is 151 Å². The van der Waals surface area contributed by atoms with Crippen molar-refractivity contribution in [2.45, 2.75) is 70.6 Å². The zero-order valence-electron chi connectivity index (χ0n) is 32.0. The number of furan rings is 1. The molecule has 1 radical (unpaired) electrons. The Morgan fingerprint density at radius 1 is 0.736 bits per heavy atom. The van der Waals surface area contributed by atoms with Crippen molar-refractivity contribution in [3.05, 3.63) is 138 Å². The van der Waals surface area contributed by atoms with Crippen LogP contribution < -0.4 is 4.40 Å². The SMILES string of the molecule is Cc1c[c-]c(-c2cc[c]([Ge]([CH3])([CH3])[CH3])cn2)cc1.Cc1ccc2c(n1)oc1c(-c3nc4ccccc4n3-c3c(C(C)C)cccc3C(C)C)[c-]ccc12.[Ir]. The molecule has 4 aromatic heterocycles. The molecule has 8 rings (SSSR count). The van der Waals surface area contributed by atoms with E-state index in [1.165, 1.54) is 26.8 Å². The number of nitrogens with zero attached hydrogens (tertiary/aromatic N) is 4. The van der Waals surface area contributed by atoms with Crippen molar-refractivity contribution in [2.24, 2.45) is 0 Å². The molecule has 0 aliphatic carbocycles. The maximum atomic E-state index is 6.37. The van der Waals surface area contributed by atoms with Crippen molar-refractivity contribution >= 4 is 50.8 Å². The van der Waals surface area contributed by atoms with Gasteiger partial charge in [0.05, 0.1) is 22.4 Å². The summed E-state index contributed by atoms with van der Waals surface area (Å²) >= 11 is -1.73. The second-order valence-electron chi connectivity index (χ2n) is 15.3. The first-order valence-corrected chi connectivity index (χ1v) is 25.5. The van der Waals surface area contributed by atoms with Crippen LogP contribution in [-0.4, -0.2) is 32.8 Å². The third-order valence-corrected chi connectivity index (χ3v) is 13.9. The Hall–Kier alpha value is -4.36. The summed E-state index contributed by atoms with van der Waals surface area (Å²) in [7, 11) is 0. The zero-order valence-corrected chi connectivity index (χ0v) is 36.5. The van der Waals surface area contributed by atoms with Crippen LogP contribution >= 0.6 is 0 Å². The van der Waals surface area contributed by atoms with Gasteiger partial charge in [-0.15, -0.1) is 18.2 Å². The normalized spacial score (nSPS) is 11.7. The number of aryl methyl sites for hydroxylation is 2. The minimum atomic E-state index is -1.73. The molecule has 271 valence electrons. The van der Waals surface area contributed by atoms with Gasteiger partial charge in [0.2, 0.25) is 5.71 Å². The summed E-state index contributed by atoms with van der Waals surface area (Å²) < 4.78 is 10.1. The molecule has 0 aliphatic heterocycles. The topological polar surface area (TPSA) is 56.7 Å². The molecule has 0 saturated carbocycles. The second kappa shape index (κ2) is 15.5. The maximum Gasteiger partial charge on any atom is 0.216 e. The van der Waals surface area contributed by atoms with Crippen LogP contribution in [0.25, 0.3) is 61.4 Å². The first-order valence-electron chi connectivity index (χ1n) is 18.2. The molecular formula is C46H46GeIrN4O-2. The van der Waals surface area contributed by atoms with Crippen LogP contribution in [-0.2, 0) is 20.1 Å². The average Bonchev–Trinajstić information content (AvgIpc) is 3.69. The van der Waals surface area contributed by atoms with E-state index in [0.717, 1.165) is 55.7 Å². The molecule has 0 aliphatic rings. The summed E-state index contributed by atoms with van der Waals surface area (Å²) in [6, 6.07) is 40.4. The zero-order chi connectivity index (χ0) is 36.7. The van der Waals surface area contributed by atoms with Crippen molar-refractivity contribution in [1.29, 1.82) is 0 Å². The fourth-order valence-corrected chi connectivity index (χ4v) is 8.90. The molecule has 53 heavy (non-hydrogen) atoms. The van der Waals surface area contributed by atoms with Crippen LogP contribution in [0.1, 0.15) is 61.9 Å². The number of para-hydroxylation sites is 3. The third kappa shape index (κ3) is 7.69. The molecule has 0 saturated heterocycles. The summed E-state index contributed by atoms with van der Waals surface area (Å²) in [5, 5.41) is 2.04. The largest absolute Gasteiger partial charge is 0.486 e. The van der Waals surface area contributed by atoms with Gasteiger partial charge < -0.3 is 8.98 Å². The van der Waals surface area contributed by atoms with Crippen LogP contribution in [0.5, 0.6) is 0 Å². The van der Waals surface area contributed by atoms with Crippen molar-refractivity contribution < 1.29 is 24.5 Å². The average molecular weight is 936 g/mol. The van der Waals surface area contributed by atoms with Gasteiger partial charge in [-0.1, -0.05) is 69.0 Å². The Morgan fingerprint density at radius 3 is 2.11 bits per heavy atom. The fourth-order valence-electron chi connectivity index (χ4n) is 6.73. The van der Waals surface area contributed by atoms with Gasteiger partial charge in [-0.2, -0.15) is 0 Å². The van der Waals surface area contributed by atoms with Crippen LogP contribution in [0.4, 0.5) is 0 Å². The van der Waals surface area contributed by atoms with E-state index in [1.807, 2.05) is 37.4 Å². The predicted octanol–water partition coefficient (Wildman–Crippen LogP) is 11.7. The minimum Gasteiger partial charge on any atom is -0.486 e. The summed E-state index contributed by atoms with van der Waals surface area (Å²) in [6.07, 6.45) is 2.04. The summed E-state index contributed by atoms with van der Waals surface area (Å²) in [4.78, 5) is 14.3. The first-order chi connectivity index (χ1) is 24.9. The van der Waals surface area contributed by atoms with Crippen LogP contribution in [0.15, 0.2) is 108 Å². The molecule has 7 heteroatoms. The molecule has 0 unspecified atom stereocenters. The molecule has 0 spiro atoms. The maximum absolute atomic E-state index is 6.37. The van der Waals surface area contributed by atoms with Crippen molar-refractivity contribution in [1.82, 2.24) is 19.5 Å². The van der Waals surface area contributed by atoms with E-state index in [-0.39, 0.29) is 20.1 Å². The van der Waals surface area contributed by atoms with Crippen molar-refractivity contribution in [3.63, 3.8) is 0 Å². The summed E-state index contributed by atoms with van der Waals surface area (Å²) in [5.74, 6) is 8.70. The summed E-state index contributed by atoms with van der Waals surface area (Å²) in [5.41, 5.74) is 12.3. The van der Waals surface area contributed by atoms with Gasteiger partial charge >= 0.3 is 106 Å². The Morgan fingerprint density at radius 2 is 1.47 bits per heavy atom. The first kappa shape index (κ1) is 38.4. The smallest absolute Gasteiger partial charge is 0.216 e. The molecule has 0 atom stereocenters. The number of fused-ring (bicyclic) bond motifs is 4. The Balaban J connectivity index is 0.000000226. The molecule has 0 bridgehead atoms. The van der Waals surface area contributed by atoms with Gasteiger partial charge in [-0.3, -0.25) is 4.98 Å². The standard InChI is InChI=1S/C31H28N3O.C15H18GeN.Ir/c1-18(2)21-10-8-11-22(19(3)4)28(21)34-27-15-7-6-14-26(27)33-30(34)25-13-9-12-23-24-17-16-20(5)32-31(24)35-29(23)25;1-12-5-7-13(8-6-12)15-10-9-14(11-17-15)16(2,3)4;/h6-12,14-19H,1-5H3;5-7,9-11H,1-4H3;/q2*-1;. The van der Waals surface area contributed by atoms with E-state index < -0.39 is 13.3 Å². The molecule has 0 amide bonds. The summed E-state index contributed by atoms with van der Waals surface area (Å²) in [6.45, 7) is 13.1. The van der Waals surface area contributed by atoms with E-state index >= 15 is 0 Å². The van der Waals surface area contributed by atoms with E-state index in [4.69, 9.17) is 9.40 Å². The van der Waals surface area contributed by atoms with E-state index in [0.29, 0.717) is 17.5 Å². The third-order valence-electron chi connectivity index (χ3n) is 9.66. The Kier molecular flexibility index (Phi) is 11.3. The molecule has 0 N–H and O–H groups in total. The van der Waals surface area contributed by atoms with Crippen molar-refractivity contribution in [3.8, 4) is 28.3 Å². The fraction of sp³-hybridized carbons (Fsp3) is 0.239. The quantitative estimate of drug-likeness (QED) is 0.123. The number of rotatable bonds is 6. The Labute approximate surface area is 329 Å². The second-order valence-corrected chi connectivity index (χ2v) is 26.0. The number of hydrogen-bond donors (Lipinski definition) is 0. The number of benzene rings is 4. The number of pyridine rings is 2. The molecule has 4 aromatic carbocycles. The molecule has 5 nitrogen and oxygen atoms in total. The molecular weight excluding hydrogens is 889 g/mol. The molecule has 8 aromatic rings. The molecule has 0 fully saturated rings. The number of imidazole rings is 1. The van der Waals surface area contributed by atoms with E-state index in [1.54, 1.807) is 0 Å². The number of aromatic nitrogens is 4. The van der Waals surface area contributed by atoms with Gasteiger partial charge in [0.15, 0.2) is 0 Å². The van der Waals surface area contributed by atoms with Gasteiger partial charge in [0.1, 0.15) is 0 Å². The van der Waals surface area contributed by atoms with Gasteiger partial charge in [-0.05, 0) is 54.2 Å². The predicted molar refractivity (Wildman–Crippen MR) is 220 cm³/mol. The van der Waals surface area contributed by atoms with Crippen LogP contribution in [0.2, 0.25) is 17.3 Å². The molecule has 4 heterocycles. The Bertz CT molecular complexity index is 2500. The van der Waals surface area contributed by atoms with E-state index in [9.17, 15) is 0 Å². The number of hydrogen-bond acceptors (Lipinski definition) is 4. The van der Waals surface area contributed by atoms with Gasteiger partial charge in [-0.25, -0.2) is 4.98 Å².